The number of benzene rings is 1. The molecule has 5 rings (SSSR count). The Hall–Kier alpha value is -2.38. The van der Waals surface area contributed by atoms with Gasteiger partial charge in [0.05, 0.1) is 11.2 Å². The summed E-state index contributed by atoms with van der Waals surface area (Å²) in [5.74, 6) is 2.65. The van der Waals surface area contributed by atoms with Gasteiger partial charge in [-0.25, -0.2) is 9.97 Å². The average Bonchev–Trinajstić information content (AvgIpc) is 2.87. The number of aryl methyl sites for hydroxylation is 2. The summed E-state index contributed by atoms with van der Waals surface area (Å²) in [4.78, 5) is 27.7. The standard InChI is InChI=1S/C28H37N5OS/c1-19-9-10-25-23(17-19)27(34)31(4)28(30-25)35-16-11-21(3)32-12-14-33(15-13-32)26-18-20(2)22-7-5-6-8-24(22)29-26/h5-8,18-19,21H,9-17H2,1-4H3. The monoisotopic (exact) mass is 491 g/mol. The second-order valence-electron chi connectivity index (χ2n) is 10.4. The molecule has 35 heavy (non-hydrogen) atoms. The number of para-hydroxylation sites is 1. The Morgan fingerprint density at radius 3 is 2.71 bits per heavy atom. The van der Waals surface area contributed by atoms with E-state index in [4.69, 9.17) is 9.97 Å². The number of fused-ring (bicyclic) bond motifs is 2. The van der Waals surface area contributed by atoms with Crippen LogP contribution < -0.4 is 10.5 Å². The molecule has 186 valence electrons. The van der Waals surface area contributed by atoms with E-state index in [0.717, 1.165) is 85.4 Å². The van der Waals surface area contributed by atoms with Crippen LogP contribution in [0.15, 0.2) is 40.3 Å². The number of hydrogen-bond donors (Lipinski definition) is 0. The van der Waals surface area contributed by atoms with Crippen LogP contribution in [0.5, 0.6) is 0 Å². The summed E-state index contributed by atoms with van der Waals surface area (Å²) in [6, 6.07) is 11.1. The lowest BCUT2D eigenvalue weighted by atomic mass is 9.89. The summed E-state index contributed by atoms with van der Waals surface area (Å²) in [5, 5.41) is 2.11. The van der Waals surface area contributed by atoms with Gasteiger partial charge in [-0.05, 0) is 63.1 Å². The molecule has 1 aromatic carbocycles. The smallest absolute Gasteiger partial charge is 0.257 e. The SMILES string of the molecule is Cc1cc(N2CCN(C(C)CCSc3nc4c(c(=O)n3C)CC(C)CC4)CC2)nc2ccccc12. The molecular weight excluding hydrogens is 454 g/mol. The van der Waals surface area contributed by atoms with E-state index in [1.54, 1.807) is 16.3 Å². The molecule has 1 saturated heterocycles. The van der Waals surface area contributed by atoms with E-state index in [-0.39, 0.29) is 5.56 Å². The van der Waals surface area contributed by atoms with Crippen LogP contribution in [0.3, 0.4) is 0 Å². The number of aromatic nitrogens is 3. The van der Waals surface area contributed by atoms with Crippen molar-refractivity contribution in [3.8, 4) is 0 Å². The van der Waals surface area contributed by atoms with Crippen molar-refractivity contribution in [1.82, 2.24) is 19.4 Å². The van der Waals surface area contributed by atoms with E-state index < -0.39 is 0 Å². The summed E-state index contributed by atoms with van der Waals surface area (Å²) >= 11 is 1.73. The highest BCUT2D eigenvalue weighted by molar-refractivity contribution is 7.99. The largest absolute Gasteiger partial charge is 0.354 e. The van der Waals surface area contributed by atoms with E-state index in [1.807, 2.05) is 7.05 Å². The lowest BCUT2D eigenvalue weighted by molar-refractivity contribution is 0.193. The van der Waals surface area contributed by atoms with Gasteiger partial charge in [-0.2, -0.15) is 0 Å². The van der Waals surface area contributed by atoms with Crippen LogP contribution >= 0.6 is 11.8 Å². The highest BCUT2D eigenvalue weighted by atomic mass is 32.2. The molecule has 0 saturated carbocycles. The van der Waals surface area contributed by atoms with E-state index in [0.29, 0.717) is 12.0 Å². The topological polar surface area (TPSA) is 54.3 Å². The van der Waals surface area contributed by atoms with Crippen LogP contribution in [0.1, 0.15) is 43.5 Å². The van der Waals surface area contributed by atoms with E-state index in [1.165, 1.54) is 10.9 Å². The first kappa shape index (κ1) is 24.3. The molecule has 6 nitrogen and oxygen atoms in total. The zero-order valence-corrected chi connectivity index (χ0v) is 22.3. The molecule has 1 aliphatic heterocycles. The van der Waals surface area contributed by atoms with Crippen LogP contribution in [0.4, 0.5) is 5.82 Å². The molecule has 1 aliphatic carbocycles. The first-order valence-corrected chi connectivity index (χ1v) is 14.0. The number of thioether (sulfide) groups is 1. The molecule has 0 N–H and O–H groups in total. The van der Waals surface area contributed by atoms with Gasteiger partial charge in [-0.1, -0.05) is 36.9 Å². The Labute approximate surface area is 212 Å². The minimum atomic E-state index is 0.158. The Bertz CT molecular complexity index is 1260. The fourth-order valence-electron chi connectivity index (χ4n) is 5.43. The third-order valence-corrected chi connectivity index (χ3v) is 8.86. The molecule has 0 amide bonds. The summed E-state index contributed by atoms with van der Waals surface area (Å²) in [6.45, 7) is 10.8. The van der Waals surface area contributed by atoms with Gasteiger partial charge in [-0.15, -0.1) is 0 Å². The maximum Gasteiger partial charge on any atom is 0.257 e. The molecule has 2 aromatic heterocycles. The summed E-state index contributed by atoms with van der Waals surface area (Å²) in [5.41, 5.74) is 4.51. The van der Waals surface area contributed by atoms with Gasteiger partial charge in [-0.3, -0.25) is 14.3 Å². The third kappa shape index (κ3) is 5.12. The molecule has 2 aliphatic rings. The van der Waals surface area contributed by atoms with Crippen LogP contribution in [0.25, 0.3) is 10.9 Å². The Morgan fingerprint density at radius 2 is 1.91 bits per heavy atom. The van der Waals surface area contributed by atoms with Crippen LogP contribution in [0, 0.1) is 12.8 Å². The fraction of sp³-hybridized carbons (Fsp3) is 0.536. The average molecular weight is 492 g/mol. The maximum absolute atomic E-state index is 12.9. The quantitative estimate of drug-likeness (QED) is 0.375. The predicted octanol–water partition coefficient (Wildman–Crippen LogP) is 4.45. The lowest BCUT2D eigenvalue weighted by Crippen LogP contribution is -2.50. The normalized spacial score (nSPS) is 19.7. The maximum atomic E-state index is 12.9. The number of pyridine rings is 1. The lowest BCUT2D eigenvalue weighted by Gasteiger charge is -2.38. The molecule has 2 unspecified atom stereocenters. The van der Waals surface area contributed by atoms with Crippen LogP contribution in [-0.2, 0) is 19.9 Å². The molecule has 0 bridgehead atoms. The minimum Gasteiger partial charge on any atom is -0.354 e. The van der Waals surface area contributed by atoms with Crippen molar-refractivity contribution in [2.45, 2.75) is 57.7 Å². The second kappa shape index (κ2) is 10.3. The highest BCUT2D eigenvalue weighted by Gasteiger charge is 2.24. The Morgan fingerprint density at radius 1 is 1.14 bits per heavy atom. The van der Waals surface area contributed by atoms with E-state index >= 15 is 0 Å². The minimum absolute atomic E-state index is 0.158. The van der Waals surface area contributed by atoms with Crippen molar-refractivity contribution >= 4 is 28.5 Å². The van der Waals surface area contributed by atoms with Crippen molar-refractivity contribution in [3.05, 3.63) is 57.5 Å². The molecule has 3 aromatic rings. The highest BCUT2D eigenvalue weighted by Crippen LogP contribution is 2.26. The molecule has 0 radical (unpaired) electrons. The third-order valence-electron chi connectivity index (χ3n) is 7.79. The van der Waals surface area contributed by atoms with Crippen LogP contribution in [0.2, 0.25) is 0 Å². The molecule has 2 atom stereocenters. The molecular formula is C28H37N5OS. The summed E-state index contributed by atoms with van der Waals surface area (Å²) in [6.07, 6.45) is 4.03. The van der Waals surface area contributed by atoms with Gasteiger partial charge < -0.3 is 4.90 Å². The Balaban J connectivity index is 1.15. The summed E-state index contributed by atoms with van der Waals surface area (Å²) in [7, 11) is 1.88. The number of anilines is 1. The fourth-order valence-corrected chi connectivity index (χ4v) is 6.53. The van der Waals surface area contributed by atoms with Gasteiger partial charge in [0.25, 0.3) is 5.56 Å². The molecule has 7 heteroatoms. The Kier molecular flexibility index (Phi) is 7.17. The zero-order valence-electron chi connectivity index (χ0n) is 21.5. The van der Waals surface area contributed by atoms with Gasteiger partial charge in [0, 0.05) is 56.0 Å². The summed E-state index contributed by atoms with van der Waals surface area (Å²) < 4.78 is 1.77. The van der Waals surface area contributed by atoms with Gasteiger partial charge in [0.15, 0.2) is 5.16 Å². The van der Waals surface area contributed by atoms with Crippen molar-refractivity contribution < 1.29 is 0 Å². The molecule has 1 fully saturated rings. The zero-order chi connectivity index (χ0) is 24.5. The molecule has 3 heterocycles. The first-order chi connectivity index (χ1) is 16.9. The van der Waals surface area contributed by atoms with Crippen molar-refractivity contribution in [2.24, 2.45) is 13.0 Å². The van der Waals surface area contributed by atoms with E-state index in [2.05, 4.69) is 60.9 Å². The van der Waals surface area contributed by atoms with Crippen molar-refractivity contribution in [3.63, 3.8) is 0 Å². The number of nitrogens with zero attached hydrogens (tertiary/aromatic N) is 5. The predicted molar refractivity (Wildman–Crippen MR) is 146 cm³/mol. The second-order valence-corrected chi connectivity index (χ2v) is 11.4. The number of rotatable bonds is 6. The number of piperazine rings is 1. The number of hydrogen-bond acceptors (Lipinski definition) is 6. The van der Waals surface area contributed by atoms with Crippen molar-refractivity contribution in [1.29, 1.82) is 0 Å². The molecule has 0 spiro atoms. The van der Waals surface area contributed by atoms with Gasteiger partial charge in [0.2, 0.25) is 0 Å². The van der Waals surface area contributed by atoms with Crippen LogP contribution in [-0.4, -0.2) is 57.4 Å². The van der Waals surface area contributed by atoms with Crippen molar-refractivity contribution in [2.75, 3.05) is 36.8 Å². The first-order valence-electron chi connectivity index (χ1n) is 13.0. The van der Waals surface area contributed by atoms with Gasteiger partial charge in [0.1, 0.15) is 5.82 Å². The van der Waals surface area contributed by atoms with E-state index in [9.17, 15) is 4.79 Å². The van der Waals surface area contributed by atoms with Gasteiger partial charge >= 0.3 is 0 Å².